The SMILES string of the molecule is Cc1cc(N2CCOCC2)nc(CNC(=O)C=Cc2ccco2)n1. The zero-order chi connectivity index (χ0) is 16.8. The number of aromatic nitrogens is 2. The Balaban J connectivity index is 1.60. The Bertz CT molecular complexity index is 707. The number of nitrogens with zero attached hydrogens (tertiary/aromatic N) is 3. The van der Waals surface area contributed by atoms with Crippen LogP contribution in [-0.4, -0.2) is 42.2 Å². The highest BCUT2D eigenvalue weighted by atomic mass is 16.5. The van der Waals surface area contributed by atoms with Gasteiger partial charge < -0.3 is 19.4 Å². The normalized spacial score (nSPS) is 15.0. The zero-order valence-electron chi connectivity index (χ0n) is 13.6. The number of nitrogens with one attached hydrogen (secondary N) is 1. The fourth-order valence-corrected chi connectivity index (χ4v) is 2.41. The Hall–Kier alpha value is -2.67. The molecule has 1 saturated heterocycles. The van der Waals surface area contributed by atoms with E-state index in [1.807, 2.05) is 13.0 Å². The summed E-state index contributed by atoms with van der Waals surface area (Å²) < 4.78 is 10.5. The van der Waals surface area contributed by atoms with Gasteiger partial charge in [0.1, 0.15) is 17.4 Å². The van der Waals surface area contributed by atoms with Gasteiger partial charge in [-0.15, -0.1) is 0 Å². The number of amides is 1. The van der Waals surface area contributed by atoms with E-state index in [2.05, 4.69) is 20.2 Å². The van der Waals surface area contributed by atoms with Crippen LogP contribution in [0.15, 0.2) is 35.0 Å². The van der Waals surface area contributed by atoms with E-state index < -0.39 is 0 Å². The number of furan rings is 1. The summed E-state index contributed by atoms with van der Waals surface area (Å²) in [4.78, 5) is 23.0. The highest BCUT2D eigenvalue weighted by molar-refractivity contribution is 5.91. The smallest absolute Gasteiger partial charge is 0.244 e. The first-order valence-electron chi connectivity index (χ1n) is 7.87. The molecule has 0 saturated carbocycles. The van der Waals surface area contributed by atoms with Crippen LogP contribution in [0.1, 0.15) is 17.3 Å². The van der Waals surface area contributed by atoms with Crippen LogP contribution in [0.25, 0.3) is 6.08 Å². The Kier molecular flexibility index (Phi) is 5.22. The average Bonchev–Trinajstić information content (AvgIpc) is 3.12. The molecule has 24 heavy (non-hydrogen) atoms. The number of ether oxygens (including phenoxy) is 1. The van der Waals surface area contributed by atoms with Crippen LogP contribution in [0.4, 0.5) is 5.82 Å². The van der Waals surface area contributed by atoms with Crippen molar-refractivity contribution in [3.63, 3.8) is 0 Å². The van der Waals surface area contributed by atoms with E-state index in [0.717, 1.165) is 24.6 Å². The van der Waals surface area contributed by atoms with Gasteiger partial charge in [0.15, 0.2) is 0 Å². The molecule has 0 aromatic carbocycles. The molecule has 0 aliphatic carbocycles. The fourth-order valence-electron chi connectivity index (χ4n) is 2.41. The lowest BCUT2D eigenvalue weighted by Crippen LogP contribution is -2.37. The predicted molar refractivity (Wildman–Crippen MR) is 89.4 cm³/mol. The second kappa shape index (κ2) is 7.74. The molecule has 0 spiro atoms. The van der Waals surface area contributed by atoms with Crippen molar-refractivity contribution in [2.24, 2.45) is 0 Å². The molecule has 2 aromatic heterocycles. The van der Waals surface area contributed by atoms with Crippen molar-refractivity contribution in [3.8, 4) is 0 Å². The van der Waals surface area contributed by atoms with Gasteiger partial charge in [0, 0.05) is 30.9 Å². The molecule has 0 bridgehead atoms. The molecule has 0 atom stereocenters. The first-order valence-corrected chi connectivity index (χ1v) is 7.87. The van der Waals surface area contributed by atoms with Gasteiger partial charge in [-0.05, 0) is 25.1 Å². The third-order valence-electron chi connectivity index (χ3n) is 3.58. The maximum atomic E-state index is 11.9. The molecule has 1 aliphatic heterocycles. The second-order valence-corrected chi connectivity index (χ2v) is 5.45. The largest absolute Gasteiger partial charge is 0.465 e. The van der Waals surface area contributed by atoms with Crippen LogP contribution < -0.4 is 10.2 Å². The highest BCUT2D eigenvalue weighted by Gasteiger charge is 2.14. The summed E-state index contributed by atoms with van der Waals surface area (Å²) in [6.45, 7) is 5.23. The van der Waals surface area contributed by atoms with Crippen molar-refractivity contribution in [2.45, 2.75) is 13.5 Å². The van der Waals surface area contributed by atoms with E-state index in [1.165, 1.54) is 6.08 Å². The lowest BCUT2D eigenvalue weighted by atomic mass is 10.3. The average molecular weight is 328 g/mol. The van der Waals surface area contributed by atoms with Crippen molar-refractivity contribution in [2.75, 3.05) is 31.2 Å². The van der Waals surface area contributed by atoms with Crippen LogP contribution in [0.5, 0.6) is 0 Å². The number of hydrogen-bond donors (Lipinski definition) is 1. The van der Waals surface area contributed by atoms with E-state index in [1.54, 1.807) is 24.5 Å². The summed E-state index contributed by atoms with van der Waals surface area (Å²) >= 11 is 0. The van der Waals surface area contributed by atoms with Crippen LogP contribution in [0.3, 0.4) is 0 Å². The number of morpholine rings is 1. The molecule has 3 heterocycles. The third-order valence-corrected chi connectivity index (χ3v) is 3.58. The molecule has 1 N–H and O–H groups in total. The van der Waals surface area contributed by atoms with Crippen molar-refractivity contribution in [1.29, 1.82) is 0 Å². The first-order chi connectivity index (χ1) is 11.7. The van der Waals surface area contributed by atoms with Crippen LogP contribution in [-0.2, 0) is 16.1 Å². The van der Waals surface area contributed by atoms with Crippen molar-refractivity contribution in [3.05, 3.63) is 47.8 Å². The van der Waals surface area contributed by atoms with Crippen LogP contribution in [0.2, 0.25) is 0 Å². The number of carbonyl (C=O) groups is 1. The number of aryl methyl sites for hydroxylation is 1. The fraction of sp³-hybridized carbons (Fsp3) is 0.353. The standard InChI is InChI=1S/C17H20N4O3/c1-13-11-16(21-6-9-23-10-7-21)20-15(19-13)12-18-17(22)5-4-14-3-2-8-24-14/h2-5,8,11H,6-7,9-10,12H2,1H3,(H,18,22). The van der Waals surface area contributed by atoms with Gasteiger partial charge in [-0.2, -0.15) is 0 Å². The highest BCUT2D eigenvalue weighted by Crippen LogP contribution is 2.14. The Morgan fingerprint density at radius 3 is 2.96 bits per heavy atom. The van der Waals surface area contributed by atoms with Gasteiger partial charge in [0.25, 0.3) is 0 Å². The van der Waals surface area contributed by atoms with Gasteiger partial charge in [0.05, 0.1) is 26.0 Å². The van der Waals surface area contributed by atoms with Crippen molar-refractivity contribution < 1.29 is 13.9 Å². The molecule has 1 amide bonds. The summed E-state index contributed by atoms with van der Waals surface area (Å²) in [5.74, 6) is 1.88. The van der Waals surface area contributed by atoms with E-state index >= 15 is 0 Å². The Morgan fingerprint density at radius 1 is 1.38 bits per heavy atom. The molecule has 7 heteroatoms. The minimum atomic E-state index is -0.218. The number of rotatable bonds is 5. The number of hydrogen-bond acceptors (Lipinski definition) is 6. The third kappa shape index (κ3) is 4.42. The molecular weight excluding hydrogens is 308 g/mol. The van der Waals surface area contributed by atoms with E-state index in [-0.39, 0.29) is 12.5 Å². The number of carbonyl (C=O) groups excluding carboxylic acids is 1. The molecule has 3 rings (SSSR count). The lowest BCUT2D eigenvalue weighted by molar-refractivity contribution is -0.116. The Morgan fingerprint density at radius 2 is 2.21 bits per heavy atom. The summed E-state index contributed by atoms with van der Waals surface area (Å²) in [5, 5.41) is 2.78. The molecule has 126 valence electrons. The van der Waals surface area contributed by atoms with Gasteiger partial charge in [-0.3, -0.25) is 4.79 Å². The molecular formula is C17H20N4O3. The molecule has 1 fully saturated rings. The number of anilines is 1. The minimum absolute atomic E-state index is 0.218. The zero-order valence-corrected chi connectivity index (χ0v) is 13.6. The minimum Gasteiger partial charge on any atom is -0.465 e. The van der Waals surface area contributed by atoms with Crippen LogP contribution >= 0.6 is 0 Å². The second-order valence-electron chi connectivity index (χ2n) is 5.45. The van der Waals surface area contributed by atoms with Gasteiger partial charge in [-0.25, -0.2) is 9.97 Å². The molecule has 0 unspecified atom stereocenters. The summed E-state index contributed by atoms with van der Waals surface area (Å²) in [6.07, 6.45) is 4.61. The summed E-state index contributed by atoms with van der Waals surface area (Å²) in [7, 11) is 0. The predicted octanol–water partition coefficient (Wildman–Crippen LogP) is 1.54. The first kappa shape index (κ1) is 16.2. The van der Waals surface area contributed by atoms with E-state index in [9.17, 15) is 4.79 Å². The van der Waals surface area contributed by atoms with E-state index in [4.69, 9.17) is 9.15 Å². The van der Waals surface area contributed by atoms with Gasteiger partial charge in [0.2, 0.25) is 5.91 Å². The molecule has 7 nitrogen and oxygen atoms in total. The maximum Gasteiger partial charge on any atom is 0.244 e. The van der Waals surface area contributed by atoms with Gasteiger partial charge >= 0.3 is 0 Å². The summed E-state index contributed by atoms with van der Waals surface area (Å²) in [6, 6.07) is 5.50. The van der Waals surface area contributed by atoms with Gasteiger partial charge in [-0.1, -0.05) is 0 Å². The van der Waals surface area contributed by atoms with Crippen molar-refractivity contribution in [1.82, 2.24) is 15.3 Å². The topological polar surface area (TPSA) is 80.5 Å². The Labute approximate surface area is 140 Å². The molecule has 1 aliphatic rings. The maximum absolute atomic E-state index is 11.9. The quantitative estimate of drug-likeness (QED) is 0.839. The molecule has 2 aromatic rings. The van der Waals surface area contributed by atoms with E-state index in [0.29, 0.717) is 24.8 Å². The summed E-state index contributed by atoms with van der Waals surface area (Å²) in [5.41, 5.74) is 0.877. The van der Waals surface area contributed by atoms with Crippen LogP contribution in [0, 0.1) is 6.92 Å². The lowest BCUT2D eigenvalue weighted by Gasteiger charge is -2.28. The van der Waals surface area contributed by atoms with Crippen molar-refractivity contribution >= 4 is 17.8 Å². The molecule has 0 radical (unpaired) electrons. The monoisotopic (exact) mass is 328 g/mol.